The largest absolute Gasteiger partial charge is 0.468 e. The highest BCUT2D eigenvalue weighted by atomic mass is 16.6. The van der Waals surface area contributed by atoms with Gasteiger partial charge < -0.3 is 20.1 Å². The quantitative estimate of drug-likeness (QED) is 0.693. The van der Waals surface area contributed by atoms with E-state index < -0.39 is 29.6 Å². The monoisotopic (exact) mass is 302 g/mol. The van der Waals surface area contributed by atoms with Crippen LogP contribution in [0.3, 0.4) is 0 Å². The Bertz CT molecular complexity index is 363. The molecule has 2 amide bonds. The molecule has 0 saturated carbocycles. The first-order chi connectivity index (χ1) is 9.69. The highest BCUT2D eigenvalue weighted by molar-refractivity contribution is 5.88. The second kappa shape index (κ2) is 9.20. The highest BCUT2D eigenvalue weighted by Crippen LogP contribution is 2.08. The number of esters is 1. The van der Waals surface area contributed by atoms with Crippen molar-refractivity contribution in [1.82, 2.24) is 10.6 Å². The number of carbonyl (C=O) groups excluding carboxylic acids is 3. The summed E-state index contributed by atoms with van der Waals surface area (Å²) < 4.78 is 9.57. The van der Waals surface area contributed by atoms with Gasteiger partial charge in [0.2, 0.25) is 5.91 Å². The van der Waals surface area contributed by atoms with Crippen molar-refractivity contribution in [3.05, 3.63) is 0 Å². The molecule has 7 heteroatoms. The van der Waals surface area contributed by atoms with E-state index in [4.69, 9.17) is 4.74 Å². The Labute approximate surface area is 125 Å². The highest BCUT2D eigenvalue weighted by Gasteiger charge is 2.24. The molecule has 0 bridgehead atoms. The normalized spacial score (nSPS) is 12.2. The lowest BCUT2D eigenvalue weighted by atomic mass is 10.1. The molecule has 1 atom stereocenters. The number of unbranched alkanes of at least 4 members (excludes halogenated alkanes) is 1. The number of nitrogens with one attached hydrogen (secondary N) is 2. The molecule has 0 radical (unpaired) electrons. The first-order valence-electron chi connectivity index (χ1n) is 7.03. The van der Waals surface area contributed by atoms with Crippen molar-refractivity contribution in [2.45, 2.75) is 58.6 Å². The number of alkyl carbamates (subject to hydrolysis) is 1. The van der Waals surface area contributed by atoms with Crippen LogP contribution in [0.2, 0.25) is 0 Å². The van der Waals surface area contributed by atoms with E-state index in [0.29, 0.717) is 6.42 Å². The zero-order chi connectivity index (χ0) is 16.5. The minimum Gasteiger partial charge on any atom is -0.468 e. The molecular weight excluding hydrogens is 276 g/mol. The predicted molar refractivity (Wildman–Crippen MR) is 77.7 cm³/mol. The summed E-state index contributed by atoms with van der Waals surface area (Å²) >= 11 is 0. The summed E-state index contributed by atoms with van der Waals surface area (Å²) in [6, 6.07) is -0.732. The van der Waals surface area contributed by atoms with Crippen molar-refractivity contribution in [3.63, 3.8) is 0 Å². The van der Waals surface area contributed by atoms with Gasteiger partial charge in [0.05, 0.1) is 7.11 Å². The first-order valence-corrected chi connectivity index (χ1v) is 7.03. The molecule has 7 nitrogen and oxygen atoms in total. The van der Waals surface area contributed by atoms with Gasteiger partial charge in [-0.3, -0.25) is 9.59 Å². The van der Waals surface area contributed by atoms with Gasteiger partial charge in [-0.15, -0.1) is 0 Å². The Morgan fingerprint density at radius 3 is 2.29 bits per heavy atom. The molecule has 0 aromatic rings. The van der Waals surface area contributed by atoms with Gasteiger partial charge >= 0.3 is 12.1 Å². The second-order valence-electron chi connectivity index (χ2n) is 5.63. The molecule has 0 aromatic carbocycles. The van der Waals surface area contributed by atoms with Crippen molar-refractivity contribution in [2.24, 2.45) is 0 Å². The van der Waals surface area contributed by atoms with E-state index in [9.17, 15) is 14.4 Å². The third-order valence-corrected chi connectivity index (χ3v) is 2.49. The van der Waals surface area contributed by atoms with Crippen molar-refractivity contribution >= 4 is 18.0 Å². The van der Waals surface area contributed by atoms with E-state index in [0.717, 1.165) is 12.8 Å². The predicted octanol–water partition coefficient (Wildman–Crippen LogP) is 1.36. The van der Waals surface area contributed by atoms with Crippen LogP contribution in [0.4, 0.5) is 4.79 Å². The number of rotatable bonds is 7. The third kappa shape index (κ3) is 9.70. The number of ether oxygens (including phenoxy) is 2. The molecule has 0 saturated heterocycles. The molecule has 21 heavy (non-hydrogen) atoms. The fraction of sp³-hybridized carbons (Fsp3) is 0.786. The van der Waals surface area contributed by atoms with Gasteiger partial charge in [0, 0.05) is 0 Å². The SMILES string of the molecule is CCCC[C@H](NC(=O)OC(C)(C)C)C(=O)NCC(=O)OC. The van der Waals surface area contributed by atoms with E-state index in [1.807, 2.05) is 6.92 Å². The number of methoxy groups -OCH3 is 1. The second-order valence-corrected chi connectivity index (χ2v) is 5.63. The minimum atomic E-state index is -0.732. The summed E-state index contributed by atoms with van der Waals surface area (Å²) in [6.45, 7) is 6.98. The lowest BCUT2D eigenvalue weighted by Gasteiger charge is -2.23. The lowest BCUT2D eigenvalue weighted by Crippen LogP contribution is -2.49. The van der Waals surface area contributed by atoms with Gasteiger partial charge in [-0.25, -0.2) is 4.79 Å². The topological polar surface area (TPSA) is 93.7 Å². The van der Waals surface area contributed by atoms with Crippen LogP contribution in [-0.2, 0) is 19.1 Å². The maximum absolute atomic E-state index is 12.0. The van der Waals surface area contributed by atoms with Crippen molar-refractivity contribution in [1.29, 1.82) is 0 Å². The summed E-state index contributed by atoms with van der Waals surface area (Å²) in [5.74, 6) is -0.977. The zero-order valence-corrected chi connectivity index (χ0v) is 13.4. The van der Waals surface area contributed by atoms with E-state index in [1.165, 1.54) is 7.11 Å². The molecule has 0 fully saturated rings. The average Bonchev–Trinajstić information content (AvgIpc) is 2.38. The summed E-state index contributed by atoms with van der Waals surface area (Å²) in [4.78, 5) is 34.7. The fourth-order valence-corrected chi connectivity index (χ4v) is 1.48. The van der Waals surface area contributed by atoms with E-state index in [1.54, 1.807) is 20.8 Å². The van der Waals surface area contributed by atoms with Gasteiger partial charge in [0.1, 0.15) is 18.2 Å². The van der Waals surface area contributed by atoms with Crippen molar-refractivity contribution < 1.29 is 23.9 Å². The Morgan fingerprint density at radius 2 is 1.81 bits per heavy atom. The van der Waals surface area contributed by atoms with Gasteiger partial charge in [0.25, 0.3) is 0 Å². The maximum Gasteiger partial charge on any atom is 0.408 e. The van der Waals surface area contributed by atoms with E-state index in [2.05, 4.69) is 15.4 Å². The Morgan fingerprint density at radius 1 is 1.19 bits per heavy atom. The molecule has 2 N–H and O–H groups in total. The van der Waals surface area contributed by atoms with Crippen molar-refractivity contribution in [3.8, 4) is 0 Å². The third-order valence-electron chi connectivity index (χ3n) is 2.49. The molecular formula is C14H26N2O5. The summed E-state index contributed by atoms with van der Waals surface area (Å²) in [5, 5.41) is 4.95. The number of hydrogen-bond donors (Lipinski definition) is 2. The molecule has 122 valence electrons. The zero-order valence-electron chi connectivity index (χ0n) is 13.4. The molecule has 0 aliphatic carbocycles. The van der Waals surface area contributed by atoms with Crippen molar-refractivity contribution in [2.75, 3.05) is 13.7 Å². The Kier molecular flexibility index (Phi) is 8.42. The lowest BCUT2D eigenvalue weighted by molar-refractivity contribution is -0.141. The van der Waals surface area contributed by atoms with Gasteiger partial charge in [-0.1, -0.05) is 19.8 Å². The van der Waals surface area contributed by atoms with Crippen LogP contribution < -0.4 is 10.6 Å². The molecule has 0 unspecified atom stereocenters. The van der Waals surface area contributed by atoms with Gasteiger partial charge in [-0.05, 0) is 27.2 Å². The average molecular weight is 302 g/mol. The maximum atomic E-state index is 12.0. The van der Waals surface area contributed by atoms with Crippen LogP contribution in [0, 0.1) is 0 Å². The van der Waals surface area contributed by atoms with Crippen LogP contribution in [-0.4, -0.2) is 43.3 Å². The summed E-state index contributed by atoms with van der Waals surface area (Å²) in [6.07, 6.45) is 1.47. The summed E-state index contributed by atoms with van der Waals surface area (Å²) in [5.41, 5.74) is -0.637. The Hall–Kier alpha value is -1.79. The number of hydrogen-bond acceptors (Lipinski definition) is 5. The molecule has 0 aliphatic rings. The van der Waals surface area contributed by atoms with Gasteiger partial charge in [0.15, 0.2) is 0 Å². The van der Waals surface area contributed by atoms with Crippen LogP contribution in [0.15, 0.2) is 0 Å². The molecule has 0 rings (SSSR count). The van der Waals surface area contributed by atoms with Gasteiger partial charge in [-0.2, -0.15) is 0 Å². The first kappa shape index (κ1) is 19.2. The summed E-state index contributed by atoms with van der Waals surface area (Å²) in [7, 11) is 1.24. The molecule has 0 spiro atoms. The fourth-order valence-electron chi connectivity index (χ4n) is 1.48. The smallest absolute Gasteiger partial charge is 0.408 e. The van der Waals surface area contributed by atoms with Crippen LogP contribution in [0.25, 0.3) is 0 Å². The van der Waals surface area contributed by atoms with E-state index in [-0.39, 0.29) is 6.54 Å². The molecule has 0 aliphatic heterocycles. The molecule has 0 aromatic heterocycles. The number of amides is 2. The standard InChI is InChI=1S/C14H26N2O5/c1-6-7-8-10(12(18)15-9-11(17)20-5)16-13(19)21-14(2,3)4/h10H,6-9H2,1-5H3,(H,15,18)(H,16,19)/t10-/m0/s1. The van der Waals surface area contributed by atoms with Crippen LogP contribution >= 0.6 is 0 Å². The number of carbonyl (C=O) groups is 3. The Balaban J connectivity index is 4.52. The van der Waals surface area contributed by atoms with Crippen LogP contribution in [0.1, 0.15) is 47.0 Å². The minimum absolute atomic E-state index is 0.228. The van der Waals surface area contributed by atoms with Crippen LogP contribution in [0.5, 0.6) is 0 Å². The van der Waals surface area contributed by atoms with E-state index >= 15 is 0 Å². The molecule has 0 heterocycles.